The molecule has 0 saturated carbocycles. The Morgan fingerprint density at radius 1 is 1.54 bits per heavy atom. The Balaban J connectivity index is 3.92. The lowest BCUT2D eigenvalue weighted by Gasteiger charge is -2.06. The average Bonchev–Trinajstić information content (AvgIpc) is 2.11. The first-order valence-corrected chi connectivity index (χ1v) is 4.10. The maximum atomic E-state index is 11.0. The number of ether oxygens (including phenoxy) is 1. The molecule has 0 aromatic carbocycles. The first-order chi connectivity index (χ1) is 6.11. The number of esters is 1. The summed E-state index contributed by atoms with van der Waals surface area (Å²) in [6.07, 6.45) is 0. The normalized spacial score (nSPS) is 11.0. The highest BCUT2D eigenvalue weighted by molar-refractivity contribution is 5.71. The van der Waals surface area contributed by atoms with Gasteiger partial charge in [-0.15, -0.1) is 5.92 Å². The van der Waals surface area contributed by atoms with E-state index < -0.39 is 5.92 Å². The van der Waals surface area contributed by atoms with Gasteiger partial charge in [0.25, 0.3) is 0 Å². The summed E-state index contributed by atoms with van der Waals surface area (Å²) in [5.74, 6) is 4.29. The Morgan fingerprint density at radius 3 is 2.54 bits per heavy atom. The summed E-state index contributed by atoms with van der Waals surface area (Å²) in [6, 6.07) is 1.95. The summed E-state index contributed by atoms with van der Waals surface area (Å²) in [5.41, 5.74) is 0. The number of nitriles is 1. The summed E-state index contributed by atoms with van der Waals surface area (Å²) in [7, 11) is 0. The third-order valence-electron chi connectivity index (χ3n) is 1.34. The maximum Gasteiger partial charge on any atom is 0.308 e. The third-order valence-corrected chi connectivity index (χ3v) is 1.34. The van der Waals surface area contributed by atoms with Gasteiger partial charge >= 0.3 is 5.97 Å². The minimum absolute atomic E-state index is 0.0638. The smallest absolute Gasteiger partial charge is 0.308 e. The van der Waals surface area contributed by atoms with E-state index in [2.05, 4.69) is 11.8 Å². The summed E-state index contributed by atoms with van der Waals surface area (Å²) in [4.78, 5) is 11.0. The molecule has 13 heavy (non-hydrogen) atoms. The van der Waals surface area contributed by atoms with Crippen LogP contribution in [0.4, 0.5) is 0 Å². The molecule has 0 saturated heterocycles. The fourth-order valence-corrected chi connectivity index (χ4v) is 0.618. The predicted octanol–water partition coefficient (Wildman–Crippen LogP) is 1.35. The molecule has 3 nitrogen and oxygen atoms in total. The number of carbonyl (C=O) groups is 1. The van der Waals surface area contributed by atoms with Crippen LogP contribution in [0.15, 0.2) is 0 Å². The second kappa shape index (κ2) is 6.08. The molecule has 0 heterocycles. The fourth-order valence-electron chi connectivity index (χ4n) is 0.618. The van der Waals surface area contributed by atoms with E-state index in [0.717, 1.165) is 0 Å². The van der Waals surface area contributed by atoms with E-state index >= 15 is 0 Å². The van der Waals surface area contributed by atoms with Crippen LogP contribution in [0.25, 0.3) is 0 Å². The van der Waals surface area contributed by atoms with E-state index in [1.54, 1.807) is 20.8 Å². The predicted molar refractivity (Wildman–Crippen MR) is 48.4 cm³/mol. The van der Waals surface area contributed by atoms with Crippen LogP contribution in [0.3, 0.4) is 0 Å². The molecule has 0 aliphatic carbocycles. The van der Waals surface area contributed by atoms with Crippen molar-refractivity contribution < 1.29 is 9.53 Å². The number of nitrogens with zero attached hydrogens (tertiary/aromatic N) is 1. The van der Waals surface area contributed by atoms with Gasteiger partial charge in [0.2, 0.25) is 0 Å². The summed E-state index contributed by atoms with van der Waals surface area (Å²) in [5, 5.41) is 8.56. The van der Waals surface area contributed by atoms with Gasteiger partial charge in [-0.05, 0) is 6.92 Å². The second-order valence-electron chi connectivity index (χ2n) is 2.86. The summed E-state index contributed by atoms with van der Waals surface area (Å²) >= 11 is 0. The SMILES string of the molecule is CC#CC(C#N)COC(=O)C(C)C. The van der Waals surface area contributed by atoms with E-state index in [1.807, 2.05) is 6.07 Å². The van der Waals surface area contributed by atoms with Crippen LogP contribution in [0.1, 0.15) is 20.8 Å². The monoisotopic (exact) mass is 179 g/mol. The molecule has 0 radical (unpaired) electrons. The van der Waals surface area contributed by atoms with Crippen molar-refractivity contribution in [2.45, 2.75) is 20.8 Å². The molecule has 0 aromatic rings. The van der Waals surface area contributed by atoms with Gasteiger partial charge in [0.1, 0.15) is 12.5 Å². The van der Waals surface area contributed by atoms with E-state index in [4.69, 9.17) is 10.00 Å². The lowest BCUT2D eigenvalue weighted by molar-refractivity contribution is -0.147. The molecule has 3 heteroatoms. The van der Waals surface area contributed by atoms with Crippen molar-refractivity contribution >= 4 is 5.97 Å². The zero-order chi connectivity index (χ0) is 10.3. The molecule has 0 aromatic heterocycles. The zero-order valence-corrected chi connectivity index (χ0v) is 8.13. The van der Waals surface area contributed by atoms with Crippen LogP contribution in [0.5, 0.6) is 0 Å². The molecule has 1 unspecified atom stereocenters. The lowest BCUT2D eigenvalue weighted by Crippen LogP contribution is -2.16. The summed E-state index contributed by atoms with van der Waals surface area (Å²) in [6.45, 7) is 5.20. The van der Waals surface area contributed by atoms with Crippen molar-refractivity contribution in [3.8, 4) is 17.9 Å². The number of carbonyl (C=O) groups excluding carboxylic acids is 1. The molecular formula is C10H13NO2. The highest BCUT2D eigenvalue weighted by atomic mass is 16.5. The van der Waals surface area contributed by atoms with Crippen molar-refractivity contribution in [1.82, 2.24) is 0 Å². The van der Waals surface area contributed by atoms with Gasteiger partial charge < -0.3 is 4.74 Å². The van der Waals surface area contributed by atoms with Crippen LogP contribution in [0, 0.1) is 35.0 Å². The molecule has 0 spiro atoms. The van der Waals surface area contributed by atoms with Crippen molar-refractivity contribution in [2.75, 3.05) is 6.61 Å². The fraction of sp³-hybridized carbons (Fsp3) is 0.600. The van der Waals surface area contributed by atoms with Gasteiger partial charge in [0.05, 0.1) is 12.0 Å². The molecule has 0 aliphatic heterocycles. The highest BCUT2D eigenvalue weighted by Gasteiger charge is 2.11. The standard InChI is InChI=1S/C10H13NO2/c1-4-5-9(6-11)7-13-10(12)8(2)3/h8-9H,7H2,1-3H3. The van der Waals surface area contributed by atoms with E-state index in [0.29, 0.717) is 0 Å². The Kier molecular flexibility index (Phi) is 5.39. The topological polar surface area (TPSA) is 50.1 Å². The molecule has 1 atom stereocenters. The van der Waals surface area contributed by atoms with E-state index in [-0.39, 0.29) is 18.5 Å². The van der Waals surface area contributed by atoms with Gasteiger partial charge in [0.15, 0.2) is 0 Å². The first kappa shape index (κ1) is 11.5. The second-order valence-corrected chi connectivity index (χ2v) is 2.86. The Bertz CT molecular complexity index is 265. The van der Waals surface area contributed by atoms with Gasteiger partial charge in [-0.3, -0.25) is 4.79 Å². The van der Waals surface area contributed by atoms with Gasteiger partial charge in [-0.2, -0.15) is 5.26 Å². The average molecular weight is 179 g/mol. The Morgan fingerprint density at radius 2 is 2.15 bits per heavy atom. The van der Waals surface area contributed by atoms with Crippen LogP contribution < -0.4 is 0 Å². The number of hydrogen-bond donors (Lipinski definition) is 0. The molecule has 0 fully saturated rings. The minimum Gasteiger partial charge on any atom is -0.463 e. The first-order valence-electron chi connectivity index (χ1n) is 4.10. The minimum atomic E-state index is -0.507. The van der Waals surface area contributed by atoms with Crippen molar-refractivity contribution in [3.63, 3.8) is 0 Å². The molecular weight excluding hydrogens is 166 g/mol. The van der Waals surface area contributed by atoms with Crippen LogP contribution in [0.2, 0.25) is 0 Å². The molecule has 0 N–H and O–H groups in total. The summed E-state index contributed by atoms with van der Waals surface area (Å²) < 4.78 is 4.85. The molecule has 70 valence electrons. The Hall–Kier alpha value is -1.48. The quantitative estimate of drug-likeness (QED) is 0.485. The van der Waals surface area contributed by atoms with Crippen LogP contribution >= 0.6 is 0 Å². The van der Waals surface area contributed by atoms with Crippen molar-refractivity contribution in [1.29, 1.82) is 5.26 Å². The number of rotatable bonds is 3. The van der Waals surface area contributed by atoms with E-state index in [9.17, 15) is 4.79 Å². The van der Waals surface area contributed by atoms with Crippen LogP contribution in [-0.4, -0.2) is 12.6 Å². The molecule has 0 bridgehead atoms. The van der Waals surface area contributed by atoms with Gasteiger partial charge in [-0.1, -0.05) is 19.8 Å². The third kappa shape index (κ3) is 4.87. The molecule has 0 amide bonds. The lowest BCUT2D eigenvalue weighted by atomic mass is 10.2. The highest BCUT2D eigenvalue weighted by Crippen LogP contribution is 1.99. The maximum absolute atomic E-state index is 11.0. The van der Waals surface area contributed by atoms with Gasteiger partial charge in [-0.25, -0.2) is 0 Å². The van der Waals surface area contributed by atoms with E-state index in [1.165, 1.54) is 0 Å². The van der Waals surface area contributed by atoms with Gasteiger partial charge in [0, 0.05) is 0 Å². The molecule has 0 rings (SSSR count). The van der Waals surface area contributed by atoms with Crippen molar-refractivity contribution in [3.05, 3.63) is 0 Å². The van der Waals surface area contributed by atoms with Crippen LogP contribution in [-0.2, 0) is 9.53 Å². The largest absolute Gasteiger partial charge is 0.463 e. The zero-order valence-electron chi connectivity index (χ0n) is 8.13. The molecule has 0 aliphatic rings. The number of hydrogen-bond acceptors (Lipinski definition) is 3. The Labute approximate surface area is 78.7 Å². The van der Waals surface area contributed by atoms with Crippen molar-refractivity contribution in [2.24, 2.45) is 11.8 Å².